The third kappa shape index (κ3) is 4.14. The Labute approximate surface area is 123 Å². The van der Waals surface area contributed by atoms with Gasteiger partial charge in [0.25, 0.3) is 0 Å². The van der Waals surface area contributed by atoms with Crippen LogP contribution >= 0.6 is 0 Å². The van der Waals surface area contributed by atoms with Crippen molar-refractivity contribution in [3.8, 4) is 11.5 Å². The SMILES string of the molecule is CCOc1ccc(OC)cc1NC(=O)/C=C/c1ccco1. The van der Waals surface area contributed by atoms with E-state index in [0.717, 1.165) is 0 Å². The summed E-state index contributed by atoms with van der Waals surface area (Å²) >= 11 is 0. The number of ether oxygens (including phenoxy) is 2. The highest BCUT2D eigenvalue weighted by atomic mass is 16.5. The van der Waals surface area contributed by atoms with Crippen LogP contribution < -0.4 is 14.8 Å². The van der Waals surface area contributed by atoms with Gasteiger partial charge in [0.1, 0.15) is 17.3 Å². The van der Waals surface area contributed by atoms with Gasteiger partial charge in [0.15, 0.2) is 0 Å². The monoisotopic (exact) mass is 287 g/mol. The van der Waals surface area contributed by atoms with Crippen molar-refractivity contribution >= 4 is 17.7 Å². The van der Waals surface area contributed by atoms with Gasteiger partial charge in [-0.2, -0.15) is 0 Å². The van der Waals surface area contributed by atoms with Crippen molar-refractivity contribution in [3.63, 3.8) is 0 Å². The van der Waals surface area contributed by atoms with Crippen LogP contribution in [0, 0.1) is 0 Å². The predicted molar refractivity (Wildman–Crippen MR) is 80.5 cm³/mol. The van der Waals surface area contributed by atoms with Gasteiger partial charge in [0.2, 0.25) is 5.91 Å². The molecule has 1 amide bonds. The van der Waals surface area contributed by atoms with Gasteiger partial charge in [-0.15, -0.1) is 0 Å². The summed E-state index contributed by atoms with van der Waals surface area (Å²) in [6, 6.07) is 8.77. The lowest BCUT2D eigenvalue weighted by molar-refractivity contribution is -0.111. The van der Waals surface area contributed by atoms with Crippen molar-refractivity contribution in [2.75, 3.05) is 19.0 Å². The molecule has 1 N–H and O–H groups in total. The van der Waals surface area contributed by atoms with Gasteiger partial charge in [0, 0.05) is 12.1 Å². The standard InChI is InChI=1S/C16H17NO4/c1-3-20-15-8-6-13(19-2)11-14(15)17-16(18)9-7-12-5-4-10-21-12/h4-11H,3H2,1-2H3,(H,17,18)/b9-7+. The Hall–Kier alpha value is -2.69. The predicted octanol–water partition coefficient (Wildman–Crippen LogP) is 3.34. The summed E-state index contributed by atoms with van der Waals surface area (Å²) in [4.78, 5) is 11.9. The van der Waals surface area contributed by atoms with Crippen LogP contribution in [-0.2, 0) is 4.79 Å². The van der Waals surface area contributed by atoms with Crippen LogP contribution in [0.4, 0.5) is 5.69 Å². The maximum Gasteiger partial charge on any atom is 0.248 e. The van der Waals surface area contributed by atoms with Crippen LogP contribution in [0.15, 0.2) is 47.1 Å². The molecule has 0 atom stereocenters. The van der Waals surface area contributed by atoms with E-state index in [-0.39, 0.29) is 5.91 Å². The Balaban J connectivity index is 2.11. The van der Waals surface area contributed by atoms with Crippen molar-refractivity contribution in [2.24, 2.45) is 0 Å². The molecule has 2 aromatic rings. The van der Waals surface area contributed by atoms with E-state index >= 15 is 0 Å². The summed E-state index contributed by atoms with van der Waals surface area (Å²) in [7, 11) is 1.57. The second kappa shape index (κ2) is 7.19. The number of benzene rings is 1. The minimum absolute atomic E-state index is 0.277. The van der Waals surface area contributed by atoms with E-state index in [4.69, 9.17) is 13.9 Å². The molecule has 5 nitrogen and oxygen atoms in total. The largest absolute Gasteiger partial charge is 0.497 e. The van der Waals surface area contributed by atoms with Gasteiger partial charge in [-0.05, 0) is 37.3 Å². The van der Waals surface area contributed by atoms with Crippen molar-refractivity contribution < 1.29 is 18.7 Å². The Morgan fingerprint density at radius 1 is 1.38 bits per heavy atom. The maximum atomic E-state index is 11.9. The van der Waals surface area contributed by atoms with Crippen LogP contribution in [0.2, 0.25) is 0 Å². The van der Waals surface area contributed by atoms with Crippen molar-refractivity contribution in [1.82, 2.24) is 0 Å². The molecular weight excluding hydrogens is 270 g/mol. The minimum Gasteiger partial charge on any atom is -0.497 e. The first kappa shape index (κ1) is 14.7. The molecular formula is C16H17NO4. The number of hydrogen-bond donors (Lipinski definition) is 1. The molecule has 21 heavy (non-hydrogen) atoms. The van der Waals surface area contributed by atoms with E-state index in [1.165, 1.54) is 6.08 Å². The molecule has 0 spiro atoms. The van der Waals surface area contributed by atoms with E-state index in [9.17, 15) is 4.79 Å². The molecule has 0 saturated carbocycles. The summed E-state index contributed by atoms with van der Waals surface area (Å²) < 4.78 is 15.7. The van der Waals surface area contributed by atoms with Crippen LogP contribution in [-0.4, -0.2) is 19.6 Å². The third-order valence-electron chi connectivity index (χ3n) is 2.69. The van der Waals surface area contributed by atoms with Gasteiger partial charge in [-0.3, -0.25) is 4.79 Å². The first-order valence-corrected chi connectivity index (χ1v) is 6.56. The molecule has 0 aliphatic heterocycles. The Morgan fingerprint density at radius 2 is 2.24 bits per heavy atom. The number of carbonyl (C=O) groups excluding carboxylic acids is 1. The molecule has 1 aromatic carbocycles. The van der Waals surface area contributed by atoms with Gasteiger partial charge in [-0.25, -0.2) is 0 Å². The van der Waals surface area contributed by atoms with E-state index in [2.05, 4.69) is 5.32 Å². The summed E-state index contributed by atoms with van der Waals surface area (Å²) in [5.74, 6) is 1.57. The average Bonchev–Trinajstić information content (AvgIpc) is 3.00. The van der Waals surface area contributed by atoms with Gasteiger partial charge in [-0.1, -0.05) is 0 Å². The maximum absolute atomic E-state index is 11.9. The Bertz CT molecular complexity index is 617. The Kier molecular flexibility index (Phi) is 5.04. The molecule has 1 aromatic heterocycles. The normalized spacial score (nSPS) is 10.6. The molecule has 0 radical (unpaired) electrons. The van der Waals surface area contributed by atoms with Crippen LogP contribution in [0.5, 0.6) is 11.5 Å². The van der Waals surface area contributed by atoms with E-state index in [0.29, 0.717) is 29.6 Å². The first-order chi connectivity index (χ1) is 10.2. The number of methoxy groups -OCH3 is 1. The molecule has 0 bridgehead atoms. The first-order valence-electron chi connectivity index (χ1n) is 6.56. The summed E-state index contributed by atoms with van der Waals surface area (Å²) in [5.41, 5.74) is 0.560. The van der Waals surface area contributed by atoms with Crippen molar-refractivity contribution in [2.45, 2.75) is 6.92 Å². The van der Waals surface area contributed by atoms with Gasteiger partial charge >= 0.3 is 0 Å². The summed E-state index contributed by atoms with van der Waals surface area (Å²) in [6.07, 6.45) is 4.54. The lowest BCUT2D eigenvalue weighted by atomic mass is 10.2. The summed E-state index contributed by atoms with van der Waals surface area (Å²) in [6.45, 7) is 2.39. The number of furan rings is 1. The highest BCUT2D eigenvalue weighted by molar-refractivity contribution is 6.02. The van der Waals surface area contributed by atoms with Crippen molar-refractivity contribution in [3.05, 3.63) is 48.4 Å². The molecule has 0 saturated heterocycles. The molecule has 1 heterocycles. The second-order valence-corrected chi connectivity index (χ2v) is 4.13. The quantitative estimate of drug-likeness (QED) is 0.828. The smallest absolute Gasteiger partial charge is 0.248 e. The van der Waals surface area contributed by atoms with E-state index in [1.807, 2.05) is 6.92 Å². The zero-order valence-electron chi connectivity index (χ0n) is 12.0. The zero-order chi connectivity index (χ0) is 15.1. The molecule has 0 unspecified atom stereocenters. The average molecular weight is 287 g/mol. The lowest BCUT2D eigenvalue weighted by Gasteiger charge is -2.11. The molecule has 0 fully saturated rings. The molecule has 0 aliphatic rings. The van der Waals surface area contributed by atoms with Crippen LogP contribution in [0.1, 0.15) is 12.7 Å². The third-order valence-corrected chi connectivity index (χ3v) is 2.69. The molecule has 2 rings (SSSR count). The zero-order valence-corrected chi connectivity index (χ0v) is 12.0. The lowest BCUT2D eigenvalue weighted by Crippen LogP contribution is -2.09. The number of amides is 1. The molecule has 0 aliphatic carbocycles. The fourth-order valence-electron chi connectivity index (χ4n) is 1.73. The number of rotatable bonds is 6. The highest BCUT2D eigenvalue weighted by Gasteiger charge is 2.08. The van der Waals surface area contributed by atoms with Crippen LogP contribution in [0.25, 0.3) is 6.08 Å². The fourth-order valence-corrected chi connectivity index (χ4v) is 1.73. The van der Waals surface area contributed by atoms with Crippen molar-refractivity contribution in [1.29, 1.82) is 0 Å². The number of carbonyl (C=O) groups is 1. The van der Waals surface area contributed by atoms with E-state index < -0.39 is 0 Å². The second-order valence-electron chi connectivity index (χ2n) is 4.13. The topological polar surface area (TPSA) is 60.7 Å². The molecule has 110 valence electrons. The number of nitrogens with one attached hydrogen (secondary N) is 1. The minimum atomic E-state index is -0.277. The van der Waals surface area contributed by atoms with Gasteiger partial charge < -0.3 is 19.2 Å². The summed E-state index contributed by atoms with van der Waals surface area (Å²) in [5, 5.41) is 2.76. The fraction of sp³-hybridized carbons (Fsp3) is 0.188. The van der Waals surface area contributed by atoms with Gasteiger partial charge in [0.05, 0.1) is 25.7 Å². The molecule has 5 heteroatoms. The number of hydrogen-bond acceptors (Lipinski definition) is 4. The number of anilines is 1. The highest BCUT2D eigenvalue weighted by Crippen LogP contribution is 2.29. The van der Waals surface area contributed by atoms with E-state index in [1.54, 1.807) is 49.8 Å². The van der Waals surface area contributed by atoms with Crippen LogP contribution in [0.3, 0.4) is 0 Å². The Morgan fingerprint density at radius 3 is 2.90 bits per heavy atom.